The Morgan fingerprint density at radius 3 is 2.61 bits per heavy atom. The van der Waals surface area contributed by atoms with Crippen molar-refractivity contribution in [1.29, 1.82) is 0 Å². The van der Waals surface area contributed by atoms with Gasteiger partial charge in [-0.3, -0.25) is 4.79 Å². The topological polar surface area (TPSA) is 58.5 Å². The summed E-state index contributed by atoms with van der Waals surface area (Å²) >= 11 is 0. The summed E-state index contributed by atoms with van der Waals surface area (Å²) in [4.78, 5) is 12.4. The zero-order valence-corrected chi connectivity index (χ0v) is 10.1. The Kier molecular flexibility index (Phi) is 2.10. The van der Waals surface area contributed by atoms with Crippen LogP contribution in [0, 0.1) is 0 Å². The third-order valence-corrected chi connectivity index (χ3v) is 3.24. The summed E-state index contributed by atoms with van der Waals surface area (Å²) in [6.07, 6.45) is 1.79. The van der Waals surface area contributed by atoms with Gasteiger partial charge in [-0.15, -0.1) is 0 Å². The Morgan fingerprint density at radius 1 is 1.28 bits per heavy atom. The highest BCUT2D eigenvalue weighted by Gasteiger charge is 2.38. The van der Waals surface area contributed by atoms with E-state index in [0.717, 1.165) is 0 Å². The molecule has 1 aliphatic carbocycles. The number of hydrogen-bond acceptors (Lipinski definition) is 3. The molecule has 0 spiro atoms. The fourth-order valence-corrected chi connectivity index (χ4v) is 2.50. The Balaban J connectivity index is 2.42. The Hall–Kier alpha value is -2.43. The maximum absolute atomic E-state index is 12.4. The average molecular weight is 242 g/mol. The predicted octanol–water partition coefficient (Wildman–Crippen LogP) is 0.621. The van der Waals surface area contributed by atoms with Gasteiger partial charge in [-0.1, -0.05) is 29.4 Å². The number of imidazole rings is 1. The van der Waals surface area contributed by atoms with Gasteiger partial charge in [0.1, 0.15) is 0 Å². The first kappa shape index (κ1) is 10.7. The van der Waals surface area contributed by atoms with Crippen molar-refractivity contribution in [1.82, 2.24) is 4.57 Å². The Labute approximate surface area is 104 Å². The number of carbonyl (C=O) groups excluding carboxylic acids is 1. The highest BCUT2D eigenvalue weighted by molar-refractivity contribution is 6.28. The number of benzene rings is 1. The zero-order chi connectivity index (χ0) is 12.9. The van der Waals surface area contributed by atoms with E-state index >= 15 is 0 Å². The predicted molar refractivity (Wildman–Crippen MR) is 63.9 cm³/mol. The first-order chi connectivity index (χ1) is 8.65. The molecule has 0 bridgehead atoms. The molecule has 3 rings (SSSR count). The molecule has 1 aromatic heterocycles. The monoisotopic (exact) mass is 242 g/mol. The van der Waals surface area contributed by atoms with E-state index in [1.807, 2.05) is 13.1 Å². The van der Waals surface area contributed by atoms with Crippen LogP contribution in [-0.2, 0) is 14.1 Å². The van der Waals surface area contributed by atoms with Crippen molar-refractivity contribution >= 4 is 11.5 Å². The van der Waals surface area contributed by atoms with Crippen LogP contribution in [-0.4, -0.2) is 21.3 Å². The molecule has 0 amide bonds. The summed E-state index contributed by atoms with van der Waals surface area (Å²) in [6, 6.07) is 7.17. The molecule has 90 valence electrons. The number of aryl methyl sites for hydroxylation is 2. The van der Waals surface area contributed by atoms with Gasteiger partial charge in [-0.05, 0) is 0 Å². The van der Waals surface area contributed by atoms with Crippen LogP contribution in [0.1, 0.15) is 27.3 Å². The first-order valence-corrected chi connectivity index (χ1v) is 5.56. The van der Waals surface area contributed by atoms with Crippen molar-refractivity contribution in [2.45, 2.75) is 0 Å². The molecule has 5 heteroatoms. The molecule has 0 fully saturated rings. The summed E-state index contributed by atoms with van der Waals surface area (Å²) in [6.45, 7) is 0. The van der Waals surface area contributed by atoms with Crippen LogP contribution in [0.4, 0.5) is 0 Å². The first-order valence-electron chi connectivity index (χ1n) is 5.56. The smallest absolute Gasteiger partial charge is 0.244 e. The van der Waals surface area contributed by atoms with Crippen molar-refractivity contribution < 1.29 is 14.6 Å². The van der Waals surface area contributed by atoms with Crippen molar-refractivity contribution in [2.24, 2.45) is 19.3 Å². The lowest BCUT2D eigenvalue weighted by Gasteiger charge is -2.13. The normalized spacial score (nSPS) is 15.7. The number of oxime groups is 1. The molecule has 1 N–H and O–H groups in total. The molecule has 0 unspecified atom stereocenters. The molecule has 5 nitrogen and oxygen atoms in total. The molecule has 0 atom stereocenters. The fraction of sp³-hybridized carbons (Fsp3) is 0.154. The van der Waals surface area contributed by atoms with Crippen LogP contribution < -0.4 is 4.57 Å². The number of carbonyl (C=O) groups is 1. The number of hydrogen-bond donors (Lipinski definition) is 1. The highest BCUT2D eigenvalue weighted by atomic mass is 16.4. The van der Waals surface area contributed by atoms with Gasteiger partial charge >= 0.3 is 0 Å². The minimum Gasteiger partial charge on any atom is -0.410 e. The third-order valence-electron chi connectivity index (χ3n) is 3.24. The molecule has 0 radical (unpaired) electrons. The Bertz CT molecular complexity index is 698. The van der Waals surface area contributed by atoms with Gasteiger partial charge in [0.15, 0.2) is 5.71 Å². The lowest BCUT2D eigenvalue weighted by Crippen LogP contribution is -2.37. The van der Waals surface area contributed by atoms with E-state index < -0.39 is 0 Å². The van der Waals surface area contributed by atoms with Gasteiger partial charge in [0, 0.05) is 11.1 Å². The second kappa shape index (κ2) is 3.53. The summed E-state index contributed by atoms with van der Waals surface area (Å²) in [5.74, 6) is -0.0453. The van der Waals surface area contributed by atoms with E-state index in [0.29, 0.717) is 28.2 Å². The minimum atomic E-state index is -0.0453. The number of aromatic nitrogens is 2. The van der Waals surface area contributed by atoms with Crippen molar-refractivity contribution in [3.05, 3.63) is 53.1 Å². The molecule has 0 saturated heterocycles. The van der Waals surface area contributed by atoms with Crippen LogP contribution in [0.5, 0.6) is 0 Å². The van der Waals surface area contributed by atoms with Gasteiger partial charge in [0.2, 0.25) is 23.5 Å². The van der Waals surface area contributed by atoms with Gasteiger partial charge in [-0.2, -0.15) is 0 Å². The largest absolute Gasteiger partial charge is 0.410 e. The second-order valence-corrected chi connectivity index (χ2v) is 4.36. The molecular formula is C13H12N3O2+. The van der Waals surface area contributed by atoms with Gasteiger partial charge in [0.25, 0.3) is 0 Å². The molecule has 1 aliphatic rings. The minimum absolute atomic E-state index is 0.0453. The molecule has 1 heterocycles. The van der Waals surface area contributed by atoms with E-state index in [1.54, 1.807) is 40.7 Å². The molecule has 0 aliphatic heterocycles. The van der Waals surface area contributed by atoms with E-state index in [4.69, 9.17) is 0 Å². The molecule has 18 heavy (non-hydrogen) atoms. The van der Waals surface area contributed by atoms with Crippen LogP contribution in [0.15, 0.2) is 35.7 Å². The number of fused-ring (bicyclic) bond motifs is 2. The van der Waals surface area contributed by atoms with Crippen molar-refractivity contribution in [3.63, 3.8) is 0 Å². The summed E-state index contributed by atoms with van der Waals surface area (Å²) in [5.41, 5.74) is 2.86. The maximum Gasteiger partial charge on any atom is 0.244 e. The second-order valence-electron chi connectivity index (χ2n) is 4.36. The van der Waals surface area contributed by atoms with Gasteiger partial charge < -0.3 is 5.21 Å². The van der Waals surface area contributed by atoms with Crippen molar-refractivity contribution in [2.75, 3.05) is 0 Å². The summed E-state index contributed by atoms with van der Waals surface area (Å²) in [7, 11) is 3.63. The summed E-state index contributed by atoms with van der Waals surface area (Å²) in [5, 5.41) is 12.6. The standard InChI is InChI=1S/C13H11N3O2/c1-15-7-16(2)12-11(15)10(14-18)8-5-3-4-6-9(8)13(12)17/h3-7H,1-2H3/p+1. The highest BCUT2D eigenvalue weighted by Crippen LogP contribution is 2.25. The Morgan fingerprint density at radius 2 is 1.94 bits per heavy atom. The number of rotatable bonds is 0. The molecule has 2 aromatic rings. The lowest BCUT2D eigenvalue weighted by molar-refractivity contribution is -0.672. The SMILES string of the molecule is Cn1c[n+](C)c2c1C(=O)c1ccccc1C2=NO. The van der Waals surface area contributed by atoms with Gasteiger partial charge in [0.05, 0.1) is 14.1 Å². The molecular weight excluding hydrogens is 230 g/mol. The van der Waals surface area contributed by atoms with E-state index in [2.05, 4.69) is 5.16 Å². The summed E-state index contributed by atoms with van der Waals surface area (Å²) < 4.78 is 3.54. The molecule has 0 saturated carbocycles. The number of nitrogens with zero attached hydrogens (tertiary/aromatic N) is 3. The maximum atomic E-state index is 12.4. The third kappa shape index (κ3) is 1.18. The average Bonchev–Trinajstić information content (AvgIpc) is 2.66. The van der Waals surface area contributed by atoms with E-state index in [9.17, 15) is 10.0 Å². The van der Waals surface area contributed by atoms with E-state index in [-0.39, 0.29) is 5.78 Å². The van der Waals surface area contributed by atoms with Gasteiger partial charge in [-0.25, -0.2) is 9.13 Å². The van der Waals surface area contributed by atoms with E-state index in [1.165, 1.54) is 0 Å². The fourth-order valence-electron chi connectivity index (χ4n) is 2.50. The van der Waals surface area contributed by atoms with Crippen LogP contribution >= 0.6 is 0 Å². The van der Waals surface area contributed by atoms with Crippen molar-refractivity contribution in [3.8, 4) is 0 Å². The molecule has 1 aromatic carbocycles. The zero-order valence-electron chi connectivity index (χ0n) is 10.1. The number of ketones is 1. The quantitative estimate of drug-likeness (QED) is 0.357. The lowest BCUT2D eigenvalue weighted by atomic mass is 9.89. The van der Waals surface area contributed by atoms with Crippen LogP contribution in [0.3, 0.4) is 0 Å². The van der Waals surface area contributed by atoms with Crippen LogP contribution in [0.25, 0.3) is 0 Å². The van der Waals surface area contributed by atoms with Crippen LogP contribution in [0.2, 0.25) is 0 Å².